The summed E-state index contributed by atoms with van der Waals surface area (Å²) in [6.45, 7) is 0.367. The van der Waals surface area contributed by atoms with Crippen molar-refractivity contribution in [3.8, 4) is 11.8 Å². The largest absolute Gasteiger partial charge is 0.486 e. The Morgan fingerprint density at radius 2 is 2.08 bits per heavy atom. The molecular formula is C21H17N3O2. The predicted octanol–water partition coefficient (Wildman–Crippen LogP) is 3.77. The molecule has 0 aliphatic rings. The van der Waals surface area contributed by atoms with Gasteiger partial charge in [-0.25, -0.2) is 4.98 Å². The number of nitrogens with zero attached hydrogens (tertiary/aromatic N) is 3. The van der Waals surface area contributed by atoms with Crippen LogP contribution in [0.4, 0.5) is 0 Å². The van der Waals surface area contributed by atoms with E-state index in [0.29, 0.717) is 23.5 Å². The van der Waals surface area contributed by atoms with Gasteiger partial charge in [-0.2, -0.15) is 5.26 Å². The molecule has 3 aromatic rings. The molecule has 128 valence electrons. The average molecular weight is 343 g/mol. The van der Waals surface area contributed by atoms with Gasteiger partial charge < -0.3 is 9.30 Å². The number of carbonyl (C=O) groups is 1. The highest BCUT2D eigenvalue weighted by atomic mass is 16.5. The molecular weight excluding hydrogens is 326 g/mol. The normalized spacial score (nSPS) is 10.6. The molecule has 0 atom stereocenters. The maximum Gasteiger partial charge on any atom is 0.185 e. The molecule has 5 heteroatoms. The zero-order valence-electron chi connectivity index (χ0n) is 14.3. The summed E-state index contributed by atoms with van der Waals surface area (Å²) < 4.78 is 7.57. The first-order valence-corrected chi connectivity index (χ1v) is 8.07. The smallest absolute Gasteiger partial charge is 0.185 e. The molecule has 26 heavy (non-hydrogen) atoms. The van der Waals surface area contributed by atoms with Crippen molar-refractivity contribution in [3.63, 3.8) is 0 Å². The highest BCUT2D eigenvalue weighted by Crippen LogP contribution is 2.15. The second kappa shape index (κ2) is 7.95. The van der Waals surface area contributed by atoms with E-state index in [2.05, 4.69) is 11.1 Å². The number of nitriles is 1. The van der Waals surface area contributed by atoms with Crippen LogP contribution in [0.5, 0.6) is 5.75 Å². The SMILES string of the molecule is Cn1ccnc1COc1ccc(C(=O)/C=C/c2cccc(C#N)c2)cc1. The van der Waals surface area contributed by atoms with Crippen LogP contribution in [0.3, 0.4) is 0 Å². The lowest BCUT2D eigenvalue weighted by atomic mass is 10.1. The third-order valence-corrected chi connectivity index (χ3v) is 3.87. The van der Waals surface area contributed by atoms with Crippen LogP contribution in [-0.2, 0) is 13.7 Å². The molecule has 0 aliphatic carbocycles. The van der Waals surface area contributed by atoms with Crippen LogP contribution in [0.1, 0.15) is 27.3 Å². The van der Waals surface area contributed by atoms with Gasteiger partial charge in [0.05, 0.1) is 11.6 Å². The second-order valence-electron chi connectivity index (χ2n) is 5.70. The number of hydrogen-bond donors (Lipinski definition) is 0. The minimum atomic E-state index is -0.108. The Hall–Kier alpha value is -3.65. The Morgan fingerprint density at radius 3 is 2.77 bits per heavy atom. The van der Waals surface area contributed by atoms with Gasteiger partial charge >= 0.3 is 0 Å². The topological polar surface area (TPSA) is 67.9 Å². The van der Waals surface area contributed by atoms with E-state index in [9.17, 15) is 4.79 Å². The van der Waals surface area contributed by atoms with Crippen molar-refractivity contribution >= 4 is 11.9 Å². The van der Waals surface area contributed by atoms with E-state index in [1.54, 1.807) is 54.7 Å². The Morgan fingerprint density at radius 1 is 1.27 bits per heavy atom. The van der Waals surface area contributed by atoms with Gasteiger partial charge in [-0.3, -0.25) is 4.79 Å². The van der Waals surface area contributed by atoms with Crippen LogP contribution in [0.15, 0.2) is 67.0 Å². The Kier molecular flexibility index (Phi) is 5.25. The number of ether oxygens (including phenoxy) is 1. The van der Waals surface area contributed by atoms with Crippen molar-refractivity contribution in [2.24, 2.45) is 7.05 Å². The summed E-state index contributed by atoms with van der Waals surface area (Å²) in [6, 6.07) is 16.2. The van der Waals surface area contributed by atoms with Crippen LogP contribution < -0.4 is 4.74 Å². The molecule has 0 bridgehead atoms. The zero-order chi connectivity index (χ0) is 18.4. The van der Waals surface area contributed by atoms with Crippen LogP contribution in [0.2, 0.25) is 0 Å². The first-order chi connectivity index (χ1) is 12.7. The van der Waals surface area contributed by atoms with Gasteiger partial charge in [0.2, 0.25) is 0 Å². The number of aryl methyl sites for hydroxylation is 1. The molecule has 0 saturated heterocycles. The molecule has 0 spiro atoms. The summed E-state index contributed by atoms with van der Waals surface area (Å²) in [5.41, 5.74) is 1.95. The van der Waals surface area contributed by atoms with Crippen molar-refractivity contribution in [2.45, 2.75) is 6.61 Å². The quantitative estimate of drug-likeness (QED) is 0.505. The van der Waals surface area contributed by atoms with Gasteiger partial charge in [-0.15, -0.1) is 0 Å². The molecule has 5 nitrogen and oxygen atoms in total. The van der Waals surface area contributed by atoms with E-state index in [1.807, 2.05) is 23.9 Å². The fourth-order valence-electron chi connectivity index (χ4n) is 2.38. The molecule has 1 heterocycles. The standard InChI is InChI=1S/C21H17N3O2/c1-24-12-11-23-21(24)15-26-19-8-6-18(7-9-19)20(25)10-5-16-3-2-4-17(13-16)14-22/h2-13H,15H2,1H3/b10-5+. The van der Waals surface area contributed by atoms with E-state index in [4.69, 9.17) is 10.00 Å². The van der Waals surface area contributed by atoms with Crippen LogP contribution in [-0.4, -0.2) is 15.3 Å². The van der Waals surface area contributed by atoms with Crippen LogP contribution in [0, 0.1) is 11.3 Å². The second-order valence-corrected chi connectivity index (χ2v) is 5.70. The third-order valence-electron chi connectivity index (χ3n) is 3.87. The number of hydrogen-bond acceptors (Lipinski definition) is 4. The molecule has 0 N–H and O–H groups in total. The van der Waals surface area contributed by atoms with Crippen molar-refractivity contribution in [2.75, 3.05) is 0 Å². The van der Waals surface area contributed by atoms with Crippen LogP contribution >= 0.6 is 0 Å². The summed E-state index contributed by atoms with van der Waals surface area (Å²) >= 11 is 0. The number of rotatable bonds is 6. The summed E-state index contributed by atoms with van der Waals surface area (Å²) in [4.78, 5) is 16.5. The number of carbonyl (C=O) groups excluding carboxylic acids is 1. The number of benzene rings is 2. The molecule has 0 unspecified atom stereocenters. The van der Waals surface area contributed by atoms with Gasteiger partial charge in [-0.05, 0) is 48.0 Å². The molecule has 0 saturated carbocycles. The van der Waals surface area contributed by atoms with E-state index in [1.165, 1.54) is 6.08 Å². The van der Waals surface area contributed by atoms with Crippen LogP contribution in [0.25, 0.3) is 6.08 Å². The zero-order valence-corrected chi connectivity index (χ0v) is 14.3. The number of imidazole rings is 1. The Balaban J connectivity index is 1.62. The third kappa shape index (κ3) is 4.25. The molecule has 0 radical (unpaired) electrons. The lowest BCUT2D eigenvalue weighted by Crippen LogP contribution is -2.03. The van der Waals surface area contributed by atoms with Gasteiger partial charge in [0, 0.05) is 25.0 Å². The lowest BCUT2D eigenvalue weighted by Gasteiger charge is -2.06. The first-order valence-electron chi connectivity index (χ1n) is 8.07. The van der Waals surface area contributed by atoms with E-state index in [0.717, 1.165) is 11.4 Å². The van der Waals surface area contributed by atoms with Crippen molar-refractivity contribution in [1.82, 2.24) is 9.55 Å². The van der Waals surface area contributed by atoms with E-state index >= 15 is 0 Å². The average Bonchev–Trinajstić information content (AvgIpc) is 3.10. The van der Waals surface area contributed by atoms with E-state index < -0.39 is 0 Å². The van der Waals surface area contributed by atoms with Gasteiger partial charge in [0.25, 0.3) is 0 Å². The summed E-state index contributed by atoms with van der Waals surface area (Å²) in [5, 5.41) is 8.90. The highest BCUT2D eigenvalue weighted by molar-refractivity contribution is 6.06. The minimum absolute atomic E-state index is 0.108. The fourth-order valence-corrected chi connectivity index (χ4v) is 2.38. The fraction of sp³-hybridized carbons (Fsp3) is 0.0952. The summed E-state index contributed by atoms with van der Waals surface area (Å²) in [5.74, 6) is 1.39. The summed E-state index contributed by atoms with van der Waals surface area (Å²) in [6.07, 6.45) is 6.78. The van der Waals surface area contributed by atoms with Gasteiger partial charge in [0.1, 0.15) is 18.2 Å². The molecule has 2 aromatic carbocycles. The maximum atomic E-state index is 12.3. The predicted molar refractivity (Wildman–Crippen MR) is 98.5 cm³/mol. The van der Waals surface area contributed by atoms with Crippen molar-refractivity contribution in [1.29, 1.82) is 5.26 Å². The molecule has 0 fully saturated rings. The molecule has 0 aliphatic heterocycles. The summed E-state index contributed by atoms with van der Waals surface area (Å²) in [7, 11) is 1.91. The maximum absolute atomic E-state index is 12.3. The number of allylic oxidation sites excluding steroid dienone is 1. The van der Waals surface area contributed by atoms with Crippen molar-refractivity contribution in [3.05, 3.63) is 89.5 Å². The Bertz CT molecular complexity index is 979. The number of aromatic nitrogens is 2. The lowest BCUT2D eigenvalue weighted by molar-refractivity contribution is 0.104. The van der Waals surface area contributed by atoms with E-state index in [-0.39, 0.29) is 5.78 Å². The molecule has 1 aromatic heterocycles. The highest BCUT2D eigenvalue weighted by Gasteiger charge is 2.04. The molecule has 0 amide bonds. The van der Waals surface area contributed by atoms with Crippen molar-refractivity contribution < 1.29 is 9.53 Å². The van der Waals surface area contributed by atoms with Gasteiger partial charge in [-0.1, -0.05) is 18.2 Å². The first kappa shape index (κ1) is 17.2. The van der Waals surface area contributed by atoms with Gasteiger partial charge in [0.15, 0.2) is 5.78 Å². The molecule has 3 rings (SSSR count). The monoisotopic (exact) mass is 343 g/mol. The number of ketones is 1. The Labute approximate surface area is 151 Å². The minimum Gasteiger partial charge on any atom is -0.486 e.